The number of hydrogen-bond acceptors (Lipinski definition) is 5. The Kier molecular flexibility index (Phi) is 5.85. The van der Waals surface area contributed by atoms with E-state index in [0.717, 1.165) is 15.6 Å². The van der Waals surface area contributed by atoms with E-state index in [9.17, 15) is 9.59 Å². The van der Waals surface area contributed by atoms with Crippen LogP contribution in [-0.4, -0.2) is 31.6 Å². The highest BCUT2D eigenvalue weighted by molar-refractivity contribution is 9.10. The minimum Gasteiger partial charge on any atom is -0.322 e. The third kappa shape index (κ3) is 5.01. The van der Waals surface area contributed by atoms with Crippen LogP contribution in [0.25, 0.3) is 11.1 Å². The molecule has 0 aliphatic heterocycles. The summed E-state index contributed by atoms with van der Waals surface area (Å²) in [6.45, 7) is 0. The molecule has 0 saturated carbocycles. The van der Waals surface area contributed by atoms with Gasteiger partial charge in [0.2, 0.25) is 0 Å². The maximum atomic E-state index is 12.7. The van der Waals surface area contributed by atoms with Crippen LogP contribution >= 0.6 is 15.9 Å². The summed E-state index contributed by atoms with van der Waals surface area (Å²) in [6, 6.07) is 11.9. The molecule has 9 heteroatoms. The van der Waals surface area contributed by atoms with Gasteiger partial charge >= 0.3 is 0 Å². The van der Waals surface area contributed by atoms with Crippen LogP contribution in [0.3, 0.4) is 0 Å². The van der Waals surface area contributed by atoms with Crippen LogP contribution in [0.15, 0.2) is 77.9 Å². The van der Waals surface area contributed by atoms with Crippen LogP contribution in [-0.2, 0) is 7.05 Å². The first-order chi connectivity index (χ1) is 15.0. The average Bonchev–Trinajstić information content (AvgIpc) is 3.22. The van der Waals surface area contributed by atoms with Crippen LogP contribution in [0.4, 0.5) is 11.5 Å². The van der Waals surface area contributed by atoms with Gasteiger partial charge in [0.1, 0.15) is 5.82 Å². The number of rotatable bonds is 5. The van der Waals surface area contributed by atoms with E-state index in [1.54, 1.807) is 65.7 Å². The maximum Gasteiger partial charge on any atom is 0.257 e. The molecule has 4 aromatic rings. The zero-order chi connectivity index (χ0) is 21.8. The molecule has 3 heterocycles. The second-order valence-corrected chi connectivity index (χ2v) is 7.63. The van der Waals surface area contributed by atoms with Gasteiger partial charge in [0.25, 0.3) is 11.8 Å². The number of nitrogens with zero attached hydrogens (tertiary/aromatic N) is 4. The van der Waals surface area contributed by atoms with Gasteiger partial charge in [-0.05, 0) is 52.3 Å². The number of pyridine rings is 2. The van der Waals surface area contributed by atoms with Gasteiger partial charge in [0, 0.05) is 58.7 Å². The quantitative estimate of drug-likeness (QED) is 0.450. The van der Waals surface area contributed by atoms with E-state index in [0.29, 0.717) is 22.6 Å². The zero-order valence-electron chi connectivity index (χ0n) is 16.4. The molecule has 3 aromatic heterocycles. The van der Waals surface area contributed by atoms with Crippen molar-refractivity contribution in [2.45, 2.75) is 0 Å². The van der Waals surface area contributed by atoms with Gasteiger partial charge in [-0.3, -0.25) is 19.3 Å². The lowest BCUT2D eigenvalue weighted by molar-refractivity contribution is 0.101. The Hall–Kier alpha value is -3.85. The standard InChI is InChI=1S/C22H17BrN6O2/c1-29-13-17(11-26-29)15-7-16(10-24-9-15)22(31)27-19-4-2-3-14(8-19)21(30)28-20-6-5-18(23)12-25-20/h2-13H,1H3,(H,27,31)(H,25,28,30). The highest BCUT2D eigenvalue weighted by Gasteiger charge is 2.12. The van der Waals surface area contributed by atoms with E-state index in [4.69, 9.17) is 0 Å². The molecule has 0 radical (unpaired) electrons. The van der Waals surface area contributed by atoms with Crippen LogP contribution < -0.4 is 10.6 Å². The predicted molar refractivity (Wildman–Crippen MR) is 121 cm³/mol. The lowest BCUT2D eigenvalue weighted by atomic mass is 10.1. The van der Waals surface area contributed by atoms with Crippen molar-refractivity contribution in [1.29, 1.82) is 0 Å². The molecule has 31 heavy (non-hydrogen) atoms. The fourth-order valence-electron chi connectivity index (χ4n) is 2.87. The summed E-state index contributed by atoms with van der Waals surface area (Å²) >= 11 is 3.30. The molecule has 2 amide bonds. The number of amides is 2. The molecule has 0 bridgehead atoms. The normalized spacial score (nSPS) is 10.5. The summed E-state index contributed by atoms with van der Waals surface area (Å²) in [5.41, 5.74) is 2.94. The van der Waals surface area contributed by atoms with E-state index in [1.807, 2.05) is 13.2 Å². The first-order valence-electron chi connectivity index (χ1n) is 9.26. The lowest BCUT2D eigenvalue weighted by Gasteiger charge is -2.09. The van der Waals surface area contributed by atoms with Crippen molar-refractivity contribution < 1.29 is 9.59 Å². The van der Waals surface area contributed by atoms with Crippen LogP contribution in [0.2, 0.25) is 0 Å². The Bertz CT molecular complexity index is 1250. The van der Waals surface area contributed by atoms with Crippen molar-refractivity contribution in [1.82, 2.24) is 19.7 Å². The van der Waals surface area contributed by atoms with E-state index < -0.39 is 0 Å². The smallest absolute Gasteiger partial charge is 0.257 e. The van der Waals surface area contributed by atoms with Crippen molar-refractivity contribution in [2.24, 2.45) is 7.05 Å². The van der Waals surface area contributed by atoms with Crippen LogP contribution in [0.1, 0.15) is 20.7 Å². The number of anilines is 2. The molecule has 0 spiro atoms. The monoisotopic (exact) mass is 476 g/mol. The van der Waals surface area contributed by atoms with Gasteiger partial charge in [-0.25, -0.2) is 4.98 Å². The van der Waals surface area contributed by atoms with Gasteiger partial charge in [0.15, 0.2) is 0 Å². The van der Waals surface area contributed by atoms with E-state index >= 15 is 0 Å². The number of carbonyl (C=O) groups excluding carboxylic acids is 2. The Morgan fingerprint density at radius 1 is 0.903 bits per heavy atom. The molecule has 154 valence electrons. The SMILES string of the molecule is Cn1cc(-c2cncc(C(=O)Nc3cccc(C(=O)Nc4ccc(Br)cn4)c3)c2)cn1. The molecule has 0 aliphatic carbocycles. The number of benzene rings is 1. The summed E-state index contributed by atoms with van der Waals surface area (Å²) in [6.07, 6.45) is 8.32. The number of aryl methyl sites for hydroxylation is 1. The molecule has 0 unspecified atom stereocenters. The minimum atomic E-state index is -0.328. The number of nitrogens with one attached hydrogen (secondary N) is 2. The number of aromatic nitrogens is 4. The molecule has 0 atom stereocenters. The van der Waals surface area contributed by atoms with Gasteiger partial charge in [-0.15, -0.1) is 0 Å². The molecule has 1 aromatic carbocycles. The van der Waals surface area contributed by atoms with Gasteiger partial charge in [0.05, 0.1) is 11.8 Å². The predicted octanol–water partition coefficient (Wildman–Crippen LogP) is 4.14. The Labute approximate surface area is 186 Å². The van der Waals surface area contributed by atoms with Crippen molar-refractivity contribution in [3.63, 3.8) is 0 Å². The molecule has 0 fully saturated rings. The Morgan fingerprint density at radius 3 is 2.48 bits per heavy atom. The van der Waals surface area contributed by atoms with Gasteiger partial charge in [-0.1, -0.05) is 6.07 Å². The Balaban J connectivity index is 1.48. The van der Waals surface area contributed by atoms with Crippen molar-refractivity contribution in [2.75, 3.05) is 10.6 Å². The van der Waals surface area contributed by atoms with Crippen molar-refractivity contribution >= 4 is 39.2 Å². The second kappa shape index (κ2) is 8.88. The van der Waals surface area contributed by atoms with E-state index in [-0.39, 0.29) is 11.8 Å². The molecule has 0 aliphatic rings. The third-order valence-corrected chi connectivity index (χ3v) is 4.86. The zero-order valence-corrected chi connectivity index (χ0v) is 18.0. The van der Waals surface area contributed by atoms with Crippen molar-refractivity contribution in [3.8, 4) is 11.1 Å². The number of hydrogen-bond donors (Lipinski definition) is 2. The molecule has 4 rings (SSSR count). The highest BCUT2D eigenvalue weighted by Crippen LogP contribution is 2.20. The fraction of sp³-hybridized carbons (Fsp3) is 0.0455. The van der Waals surface area contributed by atoms with Crippen LogP contribution in [0, 0.1) is 0 Å². The Morgan fingerprint density at radius 2 is 1.74 bits per heavy atom. The average molecular weight is 477 g/mol. The number of carbonyl (C=O) groups is 2. The molecular formula is C22H17BrN6O2. The largest absolute Gasteiger partial charge is 0.322 e. The first-order valence-corrected chi connectivity index (χ1v) is 10.1. The lowest BCUT2D eigenvalue weighted by Crippen LogP contribution is -2.15. The number of halogens is 1. The molecular weight excluding hydrogens is 460 g/mol. The molecule has 2 N–H and O–H groups in total. The third-order valence-electron chi connectivity index (χ3n) is 4.39. The summed E-state index contributed by atoms with van der Waals surface area (Å²) < 4.78 is 2.50. The van der Waals surface area contributed by atoms with E-state index in [2.05, 4.69) is 41.6 Å². The van der Waals surface area contributed by atoms with E-state index in [1.165, 1.54) is 6.20 Å². The fourth-order valence-corrected chi connectivity index (χ4v) is 3.11. The van der Waals surface area contributed by atoms with Crippen LogP contribution in [0.5, 0.6) is 0 Å². The molecule has 0 saturated heterocycles. The second-order valence-electron chi connectivity index (χ2n) is 6.72. The summed E-state index contributed by atoms with van der Waals surface area (Å²) in [5, 5.41) is 9.67. The van der Waals surface area contributed by atoms with Gasteiger partial charge < -0.3 is 10.6 Å². The molecule has 8 nitrogen and oxygen atoms in total. The van der Waals surface area contributed by atoms with Gasteiger partial charge in [-0.2, -0.15) is 5.10 Å². The topological polar surface area (TPSA) is 102 Å². The summed E-state index contributed by atoms with van der Waals surface area (Å²) in [7, 11) is 1.82. The summed E-state index contributed by atoms with van der Waals surface area (Å²) in [4.78, 5) is 33.5. The highest BCUT2D eigenvalue weighted by atomic mass is 79.9. The first kappa shape index (κ1) is 20.4. The minimum absolute atomic E-state index is 0.328. The summed E-state index contributed by atoms with van der Waals surface area (Å²) in [5.74, 6) is -0.225. The maximum absolute atomic E-state index is 12.7. The van der Waals surface area contributed by atoms with Crippen molar-refractivity contribution in [3.05, 3.63) is 89.0 Å².